The van der Waals surface area contributed by atoms with Gasteiger partial charge in [-0.2, -0.15) is 14.3 Å². The molecule has 0 aromatic heterocycles. The van der Waals surface area contributed by atoms with Crippen LogP contribution in [0.2, 0.25) is 0 Å². The van der Waals surface area contributed by atoms with Gasteiger partial charge < -0.3 is 0 Å². The first-order valence-corrected chi connectivity index (χ1v) is 5.90. The molecule has 0 saturated carbocycles. The summed E-state index contributed by atoms with van der Waals surface area (Å²) in [6, 6.07) is 7.25. The molecular weight excluding hydrogens is 229 g/mol. The minimum Gasteiger partial charge on any atom is -0.190 e. The molecule has 0 aliphatic heterocycles. The van der Waals surface area contributed by atoms with Gasteiger partial charge in [0.2, 0.25) is 0 Å². The van der Waals surface area contributed by atoms with Crippen molar-refractivity contribution >= 4 is 18.4 Å². The van der Waals surface area contributed by atoms with Crippen LogP contribution in [0.1, 0.15) is 0 Å². The third kappa shape index (κ3) is 2.83. The highest BCUT2D eigenvalue weighted by Gasteiger charge is 2.31. The normalized spacial score (nSPS) is 12.5. The maximum absolute atomic E-state index is 11.3. The second kappa shape index (κ2) is 4.59. The van der Waals surface area contributed by atoms with E-state index in [1.165, 1.54) is 24.3 Å². The zero-order valence-corrected chi connectivity index (χ0v) is 8.57. The van der Waals surface area contributed by atoms with Crippen LogP contribution in [0, 0.1) is 0 Å². The lowest BCUT2D eigenvalue weighted by Gasteiger charge is -1.94. The molecule has 1 rings (SSSR count). The Hall–Kier alpha value is -0.850. The number of hydrogen-bond donors (Lipinski definition) is 1. The molecule has 6 nitrogen and oxygen atoms in total. The van der Waals surface area contributed by atoms with E-state index < -0.39 is 18.4 Å². The van der Waals surface area contributed by atoms with Crippen LogP contribution in [0.5, 0.6) is 0 Å². The van der Waals surface area contributed by atoms with Gasteiger partial charge in [-0.05, 0) is 16.8 Å². The molecule has 1 unspecified atom stereocenters. The average Bonchev–Trinajstić information content (AvgIpc) is 2.18. The van der Waals surface area contributed by atoms with Crippen LogP contribution in [0.3, 0.4) is 0 Å². The molecule has 2 N–H and O–H groups in total. The summed E-state index contributed by atoms with van der Waals surface area (Å²) in [5.74, 6) is 4.48. The Balaban J connectivity index is 2.93. The Labute approximate surface area is 81.7 Å². The molecule has 76 valence electrons. The number of rotatable bonds is 4. The quantitative estimate of drug-likeness (QED) is 0.617. The van der Waals surface area contributed by atoms with E-state index in [1.54, 1.807) is 6.07 Å². The molecule has 0 heterocycles. The Kier molecular flexibility index (Phi) is 3.68. The van der Waals surface area contributed by atoms with Crippen molar-refractivity contribution in [2.24, 2.45) is 5.90 Å². The molecular formula is C6H7NO5PS+. The van der Waals surface area contributed by atoms with Crippen LogP contribution in [0.15, 0.2) is 35.2 Å². The summed E-state index contributed by atoms with van der Waals surface area (Å²) in [5, 5.41) is 0. The lowest BCUT2D eigenvalue weighted by molar-refractivity contribution is 0.298. The van der Waals surface area contributed by atoms with Gasteiger partial charge in [-0.25, -0.2) is 0 Å². The predicted octanol–water partition coefficient (Wildman–Crippen LogP) is 0.940. The van der Waals surface area contributed by atoms with Crippen LogP contribution < -0.4 is 5.90 Å². The minimum atomic E-state index is -4.06. The van der Waals surface area contributed by atoms with E-state index in [4.69, 9.17) is 0 Å². The van der Waals surface area contributed by atoms with Crippen molar-refractivity contribution in [2.45, 2.75) is 4.90 Å². The van der Waals surface area contributed by atoms with Crippen molar-refractivity contribution in [1.29, 1.82) is 0 Å². The van der Waals surface area contributed by atoms with E-state index in [2.05, 4.69) is 14.5 Å². The van der Waals surface area contributed by atoms with Gasteiger partial charge in [0.05, 0.1) is 4.90 Å². The Morgan fingerprint density at radius 1 is 1.21 bits per heavy atom. The Morgan fingerprint density at radius 2 is 1.79 bits per heavy atom. The zero-order valence-electron chi connectivity index (χ0n) is 6.86. The highest BCUT2D eigenvalue weighted by molar-refractivity contribution is 7.89. The van der Waals surface area contributed by atoms with Crippen LogP contribution in [-0.2, 0) is 23.3 Å². The van der Waals surface area contributed by atoms with E-state index in [9.17, 15) is 13.0 Å². The molecule has 0 bridgehead atoms. The van der Waals surface area contributed by atoms with Crippen molar-refractivity contribution in [3.05, 3.63) is 30.3 Å². The van der Waals surface area contributed by atoms with Crippen LogP contribution in [0.25, 0.3) is 0 Å². The molecule has 1 aromatic rings. The molecule has 0 saturated heterocycles. The lowest BCUT2D eigenvalue weighted by atomic mass is 10.4. The van der Waals surface area contributed by atoms with Crippen molar-refractivity contribution in [2.75, 3.05) is 0 Å². The van der Waals surface area contributed by atoms with E-state index in [0.717, 1.165) is 0 Å². The SMILES string of the molecule is NO[P+](=O)OS(=O)(=O)c1ccccc1. The van der Waals surface area contributed by atoms with Gasteiger partial charge >= 0.3 is 18.4 Å². The smallest absolute Gasteiger partial charge is 0.190 e. The van der Waals surface area contributed by atoms with E-state index in [-0.39, 0.29) is 4.90 Å². The average molecular weight is 236 g/mol. The van der Waals surface area contributed by atoms with Crippen LogP contribution in [0.4, 0.5) is 0 Å². The first kappa shape index (κ1) is 11.2. The molecule has 14 heavy (non-hydrogen) atoms. The molecule has 0 spiro atoms. The summed E-state index contributed by atoms with van der Waals surface area (Å²) in [7, 11) is -6.91. The summed E-state index contributed by atoms with van der Waals surface area (Å²) in [6.07, 6.45) is 0. The largest absolute Gasteiger partial charge is 0.733 e. The third-order valence-corrected chi connectivity index (χ3v) is 3.57. The first-order valence-electron chi connectivity index (χ1n) is 3.40. The zero-order chi connectivity index (χ0) is 10.6. The minimum absolute atomic E-state index is 0.111. The standard InChI is InChI=1S/C6H7NO5PS/c7-11-13(8)12-14(9,10)6-4-2-1-3-5-6/h1-5H,7H2/q+1. The summed E-state index contributed by atoms with van der Waals surface area (Å²) in [4.78, 5) is -0.111. The summed E-state index contributed by atoms with van der Waals surface area (Å²) >= 11 is 0. The maximum atomic E-state index is 11.3. The second-order valence-corrected chi connectivity index (χ2v) is 4.80. The Morgan fingerprint density at radius 3 is 2.29 bits per heavy atom. The second-order valence-electron chi connectivity index (χ2n) is 2.17. The molecule has 0 fully saturated rings. The van der Waals surface area contributed by atoms with Gasteiger partial charge in [0.1, 0.15) is 0 Å². The number of benzene rings is 1. The Bertz CT molecular complexity index is 417. The fraction of sp³-hybridized carbons (Fsp3) is 0. The van der Waals surface area contributed by atoms with Gasteiger partial charge in [0.15, 0.2) is 0 Å². The van der Waals surface area contributed by atoms with Crippen molar-refractivity contribution in [3.63, 3.8) is 0 Å². The molecule has 0 radical (unpaired) electrons. The first-order chi connectivity index (χ1) is 6.56. The van der Waals surface area contributed by atoms with Crippen LogP contribution in [-0.4, -0.2) is 8.42 Å². The molecule has 1 aromatic carbocycles. The van der Waals surface area contributed by atoms with Crippen LogP contribution >= 0.6 is 8.25 Å². The van der Waals surface area contributed by atoms with Gasteiger partial charge in [0, 0.05) is 8.54 Å². The summed E-state index contributed by atoms with van der Waals surface area (Å²) < 4.78 is 40.9. The van der Waals surface area contributed by atoms with E-state index in [0.29, 0.717) is 0 Å². The third-order valence-electron chi connectivity index (χ3n) is 1.28. The van der Waals surface area contributed by atoms with E-state index in [1.807, 2.05) is 0 Å². The maximum Gasteiger partial charge on any atom is 0.733 e. The fourth-order valence-corrected chi connectivity index (χ4v) is 2.34. The lowest BCUT2D eigenvalue weighted by Crippen LogP contribution is -2.03. The summed E-state index contributed by atoms with van der Waals surface area (Å²) in [6.45, 7) is 0. The highest BCUT2D eigenvalue weighted by Crippen LogP contribution is 2.27. The van der Waals surface area contributed by atoms with Crippen molar-refractivity contribution in [1.82, 2.24) is 0 Å². The highest BCUT2D eigenvalue weighted by atomic mass is 32.2. The molecule has 1 atom stereocenters. The van der Waals surface area contributed by atoms with E-state index >= 15 is 0 Å². The van der Waals surface area contributed by atoms with Crippen molar-refractivity contribution < 1.29 is 21.6 Å². The summed E-state index contributed by atoms with van der Waals surface area (Å²) in [5.41, 5.74) is 0. The van der Waals surface area contributed by atoms with Gasteiger partial charge in [0.25, 0.3) is 0 Å². The van der Waals surface area contributed by atoms with Crippen molar-refractivity contribution in [3.8, 4) is 0 Å². The van der Waals surface area contributed by atoms with Gasteiger partial charge in [-0.15, -0.1) is 0 Å². The van der Waals surface area contributed by atoms with Gasteiger partial charge in [-0.1, -0.05) is 18.2 Å². The molecule has 8 heteroatoms. The van der Waals surface area contributed by atoms with Gasteiger partial charge in [-0.3, -0.25) is 0 Å². The predicted molar refractivity (Wildman–Crippen MR) is 47.6 cm³/mol. The number of nitrogens with two attached hydrogens (primary N) is 1. The monoisotopic (exact) mass is 236 g/mol. The molecule has 0 aliphatic rings. The topological polar surface area (TPSA) is 95.7 Å². The number of hydrogen-bond acceptors (Lipinski definition) is 6. The fourth-order valence-electron chi connectivity index (χ4n) is 0.728. The molecule has 0 aliphatic carbocycles. The molecule has 0 amide bonds.